The van der Waals surface area contributed by atoms with E-state index in [2.05, 4.69) is 31.2 Å². The third kappa shape index (κ3) is 5.75. The fourth-order valence-corrected chi connectivity index (χ4v) is 6.57. The summed E-state index contributed by atoms with van der Waals surface area (Å²) in [5.41, 5.74) is 8.03. The molecule has 3 aromatic rings. The molecule has 4 heterocycles. The number of hydrogen-bond donors (Lipinski definition) is 3. The molecule has 1 amide bonds. The normalized spacial score (nSPS) is 27.1. The van der Waals surface area contributed by atoms with Crippen LogP contribution in [0.2, 0.25) is 0 Å². The van der Waals surface area contributed by atoms with Crippen LogP contribution in [0, 0.1) is 17.7 Å². The number of fused-ring (bicyclic) bond motifs is 2. The van der Waals surface area contributed by atoms with Gasteiger partial charge in [0.2, 0.25) is 5.91 Å². The van der Waals surface area contributed by atoms with Gasteiger partial charge in [-0.25, -0.2) is 19.3 Å². The van der Waals surface area contributed by atoms with Crippen LogP contribution in [-0.2, 0) is 17.5 Å². The molecule has 3 N–H and O–H groups in total. The second kappa shape index (κ2) is 11.2. The van der Waals surface area contributed by atoms with Crippen molar-refractivity contribution < 1.29 is 27.1 Å². The van der Waals surface area contributed by atoms with Gasteiger partial charge in [-0.2, -0.15) is 13.2 Å². The lowest BCUT2D eigenvalue weighted by Gasteiger charge is -2.36. The monoisotopic (exact) mass is 575 g/mol. The van der Waals surface area contributed by atoms with Crippen molar-refractivity contribution in [1.29, 1.82) is 0 Å². The van der Waals surface area contributed by atoms with Crippen molar-refractivity contribution >= 4 is 11.6 Å². The zero-order valence-electron chi connectivity index (χ0n) is 22.6. The van der Waals surface area contributed by atoms with E-state index in [4.69, 9.17) is 4.74 Å². The Labute approximate surface area is 234 Å². The summed E-state index contributed by atoms with van der Waals surface area (Å²) in [5.74, 6) is -1.03. The van der Waals surface area contributed by atoms with Crippen LogP contribution in [-0.4, -0.2) is 57.7 Å². The maximum atomic E-state index is 14.5. The molecule has 3 fully saturated rings. The minimum Gasteiger partial charge on any atom is -0.496 e. The first kappa shape index (κ1) is 27.9. The molecule has 2 saturated heterocycles. The number of methoxy groups -OCH3 is 1. The number of carbonyl (C=O) groups excluding carboxylic acids is 1. The van der Waals surface area contributed by atoms with Crippen molar-refractivity contribution in [3.63, 3.8) is 0 Å². The maximum absolute atomic E-state index is 14.5. The van der Waals surface area contributed by atoms with Crippen molar-refractivity contribution in [1.82, 2.24) is 35.7 Å². The highest BCUT2D eigenvalue weighted by atomic mass is 19.4. The van der Waals surface area contributed by atoms with Crippen LogP contribution in [0.1, 0.15) is 55.1 Å². The van der Waals surface area contributed by atoms with Crippen molar-refractivity contribution in [2.75, 3.05) is 20.2 Å². The quantitative estimate of drug-likeness (QED) is 0.387. The molecular formula is C28H33F4N7O2. The third-order valence-corrected chi connectivity index (χ3v) is 8.62. The average molecular weight is 576 g/mol. The molecular weight excluding hydrogens is 542 g/mol. The van der Waals surface area contributed by atoms with E-state index in [1.807, 2.05) is 0 Å². The molecule has 13 heteroatoms. The van der Waals surface area contributed by atoms with Crippen molar-refractivity contribution in [3.05, 3.63) is 59.3 Å². The van der Waals surface area contributed by atoms with Gasteiger partial charge in [-0.3, -0.25) is 15.1 Å². The van der Waals surface area contributed by atoms with Gasteiger partial charge in [0, 0.05) is 42.9 Å². The Balaban J connectivity index is 1.09. The SMILES string of the molecule is COc1cccc(F)c1CN1CCC[C@@H](NC(=O)C2CCC3NNC(c4ccc5nc(C(F)(F)F)nn5c4)C3C2)C1. The van der Waals surface area contributed by atoms with Crippen LogP contribution in [0.15, 0.2) is 36.5 Å². The first-order valence-electron chi connectivity index (χ1n) is 14.0. The number of nitrogens with zero attached hydrogens (tertiary/aromatic N) is 4. The standard InChI is InChI=1S/C28H33F4N7O2/c1-41-23-6-2-5-21(29)20(23)15-38-11-3-4-18(14-38)33-26(40)16-7-9-22-19(12-16)25(36-35-22)17-8-10-24-34-27(28(30,31)32)37-39(24)13-17/h2,5-6,8,10,13,16,18-19,22,25,35-36H,3-4,7,9,11-12,14-15H2,1H3,(H,33,40)/t16?,18-,19?,22?,25?/m1/s1. The molecule has 3 aliphatic rings. The van der Waals surface area contributed by atoms with E-state index >= 15 is 0 Å². The maximum Gasteiger partial charge on any atom is 0.453 e. The van der Waals surface area contributed by atoms with Crippen LogP contribution < -0.4 is 20.9 Å². The molecule has 5 atom stereocenters. The number of piperidine rings is 1. The van der Waals surface area contributed by atoms with Crippen molar-refractivity contribution in [2.24, 2.45) is 11.8 Å². The Kier molecular flexibility index (Phi) is 7.60. The highest BCUT2D eigenvalue weighted by molar-refractivity contribution is 5.79. The van der Waals surface area contributed by atoms with Gasteiger partial charge in [-0.05, 0) is 68.3 Å². The van der Waals surface area contributed by atoms with Gasteiger partial charge in [-0.15, -0.1) is 5.10 Å². The number of benzene rings is 1. The summed E-state index contributed by atoms with van der Waals surface area (Å²) >= 11 is 0. The lowest BCUT2D eigenvalue weighted by molar-refractivity contribution is -0.144. The van der Waals surface area contributed by atoms with Crippen LogP contribution >= 0.6 is 0 Å². The molecule has 1 aliphatic carbocycles. The summed E-state index contributed by atoms with van der Waals surface area (Å²) in [6.45, 7) is 1.86. The number of halogens is 4. The fraction of sp³-hybridized carbons (Fsp3) is 0.536. The number of pyridine rings is 1. The Morgan fingerprint density at radius 2 is 2.02 bits per heavy atom. The molecule has 0 spiro atoms. The number of nitrogens with one attached hydrogen (secondary N) is 3. The van der Waals surface area contributed by atoms with Crippen LogP contribution in [0.25, 0.3) is 5.65 Å². The molecule has 2 aliphatic heterocycles. The van der Waals surface area contributed by atoms with E-state index in [0.29, 0.717) is 30.8 Å². The first-order chi connectivity index (χ1) is 19.7. The summed E-state index contributed by atoms with van der Waals surface area (Å²) in [4.78, 5) is 19.1. The van der Waals surface area contributed by atoms with E-state index in [0.717, 1.165) is 42.3 Å². The van der Waals surface area contributed by atoms with Gasteiger partial charge >= 0.3 is 6.18 Å². The van der Waals surface area contributed by atoms with Gasteiger partial charge < -0.3 is 10.1 Å². The smallest absolute Gasteiger partial charge is 0.453 e. The number of hydrazine groups is 1. The molecule has 220 valence electrons. The number of likely N-dealkylation sites (tertiary alicyclic amines) is 1. The van der Waals surface area contributed by atoms with Crippen molar-refractivity contribution in [2.45, 2.75) is 63.0 Å². The van der Waals surface area contributed by atoms with E-state index in [1.165, 1.54) is 19.2 Å². The Bertz CT molecular complexity index is 1410. The minimum absolute atomic E-state index is 0.0194. The molecule has 1 saturated carbocycles. The third-order valence-electron chi connectivity index (χ3n) is 8.62. The van der Waals surface area contributed by atoms with Gasteiger partial charge in [0.05, 0.1) is 13.2 Å². The lowest BCUT2D eigenvalue weighted by atomic mass is 9.74. The molecule has 41 heavy (non-hydrogen) atoms. The molecule has 1 aromatic carbocycles. The average Bonchev–Trinajstić information content (AvgIpc) is 3.58. The summed E-state index contributed by atoms with van der Waals surface area (Å²) in [5, 5.41) is 6.86. The second-order valence-corrected chi connectivity index (χ2v) is 11.2. The van der Waals surface area contributed by atoms with Crippen LogP contribution in [0.3, 0.4) is 0 Å². The minimum atomic E-state index is -4.62. The highest BCUT2D eigenvalue weighted by Crippen LogP contribution is 2.40. The number of ether oxygens (including phenoxy) is 1. The zero-order chi connectivity index (χ0) is 28.7. The van der Waals surface area contributed by atoms with Crippen molar-refractivity contribution in [3.8, 4) is 5.75 Å². The molecule has 0 radical (unpaired) electrons. The van der Waals surface area contributed by atoms with Gasteiger partial charge in [0.15, 0.2) is 5.65 Å². The second-order valence-electron chi connectivity index (χ2n) is 11.2. The van der Waals surface area contributed by atoms with Crippen LogP contribution in [0.5, 0.6) is 5.75 Å². The van der Waals surface area contributed by atoms with E-state index in [1.54, 1.807) is 24.4 Å². The Morgan fingerprint density at radius 1 is 1.17 bits per heavy atom. The number of carbonyl (C=O) groups is 1. The van der Waals surface area contributed by atoms with E-state index in [9.17, 15) is 22.4 Å². The summed E-state index contributed by atoms with van der Waals surface area (Å²) < 4.78 is 60.2. The summed E-state index contributed by atoms with van der Waals surface area (Å²) in [6.07, 6.45) is 0.909. The number of aromatic nitrogens is 3. The summed E-state index contributed by atoms with van der Waals surface area (Å²) in [6, 6.07) is 8.05. The first-order valence-corrected chi connectivity index (χ1v) is 14.0. The number of hydrogen-bond acceptors (Lipinski definition) is 7. The number of alkyl halides is 3. The number of rotatable bonds is 6. The zero-order valence-corrected chi connectivity index (χ0v) is 22.6. The topological polar surface area (TPSA) is 95.8 Å². The predicted octanol–water partition coefficient (Wildman–Crippen LogP) is 3.61. The largest absolute Gasteiger partial charge is 0.496 e. The lowest BCUT2D eigenvalue weighted by Crippen LogP contribution is -2.50. The highest BCUT2D eigenvalue weighted by Gasteiger charge is 2.43. The molecule has 2 aromatic heterocycles. The molecule has 0 bridgehead atoms. The molecule has 6 rings (SSSR count). The van der Waals surface area contributed by atoms with E-state index < -0.39 is 12.0 Å². The summed E-state index contributed by atoms with van der Waals surface area (Å²) in [7, 11) is 1.53. The fourth-order valence-electron chi connectivity index (χ4n) is 6.57. The molecule has 9 nitrogen and oxygen atoms in total. The van der Waals surface area contributed by atoms with Gasteiger partial charge in [0.1, 0.15) is 11.6 Å². The van der Waals surface area contributed by atoms with Crippen LogP contribution in [0.4, 0.5) is 17.6 Å². The number of amides is 1. The van der Waals surface area contributed by atoms with Gasteiger partial charge in [-0.1, -0.05) is 12.1 Å². The Hall–Kier alpha value is -3.29. The predicted molar refractivity (Wildman–Crippen MR) is 141 cm³/mol. The van der Waals surface area contributed by atoms with E-state index in [-0.39, 0.29) is 47.3 Å². The molecule has 4 unspecified atom stereocenters. The Morgan fingerprint density at radius 3 is 2.83 bits per heavy atom. The van der Waals surface area contributed by atoms with Gasteiger partial charge in [0.25, 0.3) is 5.82 Å².